The van der Waals surface area contributed by atoms with Gasteiger partial charge in [-0.15, -0.1) is 0 Å². The van der Waals surface area contributed by atoms with Gasteiger partial charge in [0.2, 0.25) is 0 Å². The number of ether oxygens (including phenoxy) is 1. The van der Waals surface area contributed by atoms with Gasteiger partial charge in [0.25, 0.3) is 0 Å². The van der Waals surface area contributed by atoms with Crippen molar-refractivity contribution in [2.45, 2.75) is 18.6 Å². The molecule has 0 saturated carbocycles. The van der Waals surface area contributed by atoms with Crippen LogP contribution in [0.2, 0.25) is 0 Å². The number of hydrogen-bond acceptors (Lipinski definition) is 2. The number of alkyl halides is 1. The highest BCUT2D eigenvalue weighted by Crippen LogP contribution is 2.20. The van der Waals surface area contributed by atoms with Crippen molar-refractivity contribution in [1.29, 1.82) is 0 Å². The Kier molecular flexibility index (Phi) is 3.16. The van der Waals surface area contributed by atoms with Gasteiger partial charge in [0.15, 0.2) is 0 Å². The van der Waals surface area contributed by atoms with Crippen molar-refractivity contribution in [3.05, 3.63) is 36.7 Å². The van der Waals surface area contributed by atoms with Crippen LogP contribution < -0.4 is 5.32 Å². The molecule has 1 fully saturated rings. The van der Waals surface area contributed by atoms with Gasteiger partial charge in [0.05, 0.1) is 6.04 Å². The van der Waals surface area contributed by atoms with Crippen LogP contribution in [-0.4, -0.2) is 18.8 Å². The Morgan fingerprint density at radius 2 is 2.27 bits per heavy atom. The molecule has 0 spiro atoms. The van der Waals surface area contributed by atoms with E-state index in [1.54, 1.807) is 12.1 Å². The third-order valence-electron chi connectivity index (χ3n) is 2.33. The molecular formula is C11H12F2NO. The molecule has 0 bridgehead atoms. The van der Waals surface area contributed by atoms with Crippen molar-refractivity contribution in [3.8, 4) is 0 Å². The first-order chi connectivity index (χ1) is 7.25. The molecule has 2 atom stereocenters. The molecule has 81 valence electrons. The summed E-state index contributed by atoms with van der Waals surface area (Å²) < 4.78 is 31.0. The molecule has 2 unspecified atom stereocenters. The van der Waals surface area contributed by atoms with E-state index in [9.17, 15) is 8.78 Å². The molecule has 2 rings (SSSR count). The van der Waals surface area contributed by atoms with E-state index in [-0.39, 0.29) is 11.9 Å². The van der Waals surface area contributed by atoms with E-state index in [2.05, 4.69) is 5.32 Å². The third kappa shape index (κ3) is 2.65. The minimum atomic E-state index is -1.15. The molecular weight excluding hydrogens is 200 g/mol. The Balaban J connectivity index is 2.01. The zero-order valence-corrected chi connectivity index (χ0v) is 8.12. The number of benzene rings is 1. The molecule has 4 heteroatoms. The Morgan fingerprint density at radius 1 is 1.40 bits per heavy atom. The molecule has 0 aliphatic carbocycles. The smallest absolute Gasteiger partial charge is 0.149 e. The summed E-state index contributed by atoms with van der Waals surface area (Å²) in [6.45, 7) is 1.67. The topological polar surface area (TPSA) is 21.3 Å². The summed E-state index contributed by atoms with van der Waals surface area (Å²) in [5.41, 5.74) is 0.595. The van der Waals surface area contributed by atoms with Crippen molar-refractivity contribution >= 4 is 5.69 Å². The summed E-state index contributed by atoms with van der Waals surface area (Å²) in [4.78, 5) is 0. The summed E-state index contributed by atoms with van der Waals surface area (Å²) in [5.74, 6) is -0.327. The van der Waals surface area contributed by atoms with E-state index < -0.39 is 6.17 Å². The van der Waals surface area contributed by atoms with Crippen molar-refractivity contribution in [2.24, 2.45) is 0 Å². The number of hydrogen-bond donors (Lipinski definition) is 1. The first-order valence-corrected chi connectivity index (χ1v) is 4.87. The minimum absolute atomic E-state index is 0.327. The predicted molar refractivity (Wildman–Crippen MR) is 53.6 cm³/mol. The van der Waals surface area contributed by atoms with Crippen LogP contribution >= 0.6 is 0 Å². The monoisotopic (exact) mass is 212 g/mol. The van der Waals surface area contributed by atoms with Crippen molar-refractivity contribution < 1.29 is 13.5 Å². The standard InChI is InChI=1S/C11H12F2NO/c12-8-2-1-3-9(6-8)14-11-4-5-15-7-10(11)13/h1-3,6-7,10-11,14H,4-5H2. The normalized spacial score (nSPS) is 26.3. The van der Waals surface area contributed by atoms with E-state index in [0.717, 1.165) is 0 Å². The number of halogens is 2. The maximum atomic E-state index is 13.3. The second-order valence-electron chi connectivity index (χ2n) is 3.50. The molecule has 1 aromatic carbocycles. The number of nitrogens with one attached hydrogen (secondary N) is 1. The minimum Gasteiger partial charge on any atom is -0.379 e. The quantitative estimate of drug-likeness (QED) is 0.813. The van der Waals surface area contributed by atoms with Gasteiger partial charge in [0.1, 0.15) is 18.6 Å². The summed E-state index contributed by atoms with van der Waals surface area (Å²) in [6.07, 6.45) is -0.573. The van der Waals surface area contributed by atoms with Gasteiger partial charge in [-0.3, -0.25) is 0 Å². The Hall–Kier alpha value is -1.16. The maximum Gasteiger partial charge on any atom is 0.149 e. The summed E-state index contributed by atoms with van der Waals surface area (Å²) in [6, 6.07) is 5.68. The summed E-state index contributed by atoms with van der Waals surface area (Å²) in [7, 11) is 0. The van der Waals surface area contributed by atoms with Crippen LogP contribution in [0.25, 0.3) is 0 Å². The second-order valence-corrected chi connectivity index (χ2v) is 3.50. The van der Waals surface area contributed by atoms with E-state index in [1.165, 1.54) is 18.7 Å². The molecule has 2 nitrogen and oxygen atoms in total. The largest absolute Gasteiger partial charge is 0.379 e. The highest BCUT2D eigenvalue weighted by Gasteiger charge is 2.25. The molecule has 0 amide bonds. The predicted octanol–water partition coefficient (Wildman–Crippen LogP) is 2.53. The fraction of sp³-hybridized carbons (Fsp3) is 0.364. The van der Waals surface area contributed by atoms with Crippen LogP contribution in [0.15, 0.2) is 24.3 Å². The summed E-state index contributed by atoms with van der Waals surface area (Å²) >= 11 is 0. The zero-order valence-electron chi connectivity index (χ0n) is 8.12. The van der Waals surface area contributed by atoms with Gasteiger partial charge in [0, 0.05) is 12.3 Å². The van der Waals surface area contributed by atoms with Crippen molar-refractivity contribution in [3.63, 3.8) is 0 Å². The van der Waals surface area contributed by atoms with Crippen LogP contribution in [0.4, 0.5) is 14.5 Å². The van der Waals surface area contributed by atoms with E-state index in [4.69, 9.17) is 4.74 Å². The lowest BCUT2D eigenvalue weighted by Gasteiger charge is -2.27. The van der Waals surface area contributed by atoms with Gasteiger partial charge < -0.3 is 10.1 Å². The Bertz CT molecular complexity index is 332. The third-order valence-corrected chi connectivity index (χ3v) is 2.33. The van der Waals surface area contributed by atoms with Gasteiger partial charge in [-0.25, -0.2) is 8.78 Å². The van der Waals surface area contributed by atoms with Crippen LogP contribution in [0, 0.1) is 12.4 Å². The second kappa shape index (κ2) is 4.57. The number of rotatable bonds is 2. The average Bonchev–Trinajstić information content (AvgIpc) is 2.22. The van der Waals surface area contributed by atoms with Gasteiger partial charge in [-0.1, -0.05) is 6.07 Å². The Morgan fingerprint density at radius 3 is 3.00 bits per heavy atom. The summed E-state index contributed by atoms with van der Waals surface area (Å²) in [5, 5.41) is 2.95. The SMILES string of the molecule is Fc1cccc(NC2CCO[CH]C2F)c1. The van der Waals surface area contributed by atoms with Gasteiger partial charge in [-0.05, 0) is 24.6 Å². The first-order valence-electron chi connectivity index (χ1n) is 4.87. The van der Waals surface area contributed by atoms with Crippen LogP contribution in [0.1, 0.15) is 6.42 Å². The molecule has 0 aromatic heterocycles. The lowest BCUT2D eigenvalue weighted by molar-refractivity contribution is 0.0847. The fourth-order valence-electron chi connectivity index (χ4n) is 1.55. The van der Waals surface area contributed by atoms with E-state index in [0.29, 0.717) is 18.7 Å². The molecule has 1 aromatic rings. The van der Waals surface area contributed by atoms with Crippen LogP contribution in [0.3, 0.4) is 0 Å². The van der Waals surface area contributed by atoms with Crippen molar-refractivity contribution in [2.75, 3.05) is 11.9 Å². The average molecular weight is 212 g/mol. The zero-order chi connectivity index (χ0) is 10.7. The molecule has 15 heavy (non-hydrogen) atoms. The number of anilines is 1. The van der Waals surface area contributed by atoms with Crippen LogP contribution in [-0.2, 0) is 4.74 Å². The van der Waals surface area contributed by atoms with Crippen LogP contribution in [0.5, 0.6) is 0 Å². The lowest BCUT2D eigenvalue weighted by Crippen LogP contribution is -2.36. The van der Waals surface area contributed by atoms with E-state index in [1.807, 2.05) is 0 Å². The lowest BCUT2D eigenvalue weighted by atomic mass is 10.1. The molecule has 1 saturated heterocycles. The Labute approximate surface area is 87.2 Å². The highest BCUT2D eigenvalue weighted by molar-refractivity contribution is 5.44. The fourth-order valence-corrected chi connectivity index (χ4v) is 1.55. The molecule has 1 heterocycles. The van der Waals surface area contributed by atoms with Gasteiger partial charge in [-0.2, -0.15) is 0 Å². The molecule has 1 aliphatic heterocycles. The first kappa shape index (κ1) is 10.4. The molecule has 1 N–H and O–H groups in total. The molecule has 1 aliphatic rings. The maximum absolute atomic E-state index is 13.3. The van der Waals surface area contributed by atoms with Gasteiger partial charge >= 0.3 is 0 Å². The van der Waals surface area contributed by atoms with Crippen molar-refractivity contribution in [1.82, 2.24) is 0 Å². The van der Waals surface area contributed by atoms with E-state index >= 15 is 0 Å². The molecule has 1 radical (unpaired) electrons. The highest BCUT2D eigenvalue weighted by atomic mass is 19.1.